The third kappa shape index (κ3) is 6.96. The van der Waals surface area contributed by atoms with E-state index in [0.717, 1.165) is 11.1 Å². The number of hydrogen-bond donors (Lipinski definition) is 4. The largest absolute Gasteiger partial charge is 0.480 e. The van der Waals surface area contributed by atoms with Crippen molar-refractivity contribution in [3.05, 3.63) is 71.8 Å². The summed E-state index contributed by atoms with van der Waals surface area (Å²) in [5.74, 6) is -1.82. The molecule has 2 amide bonds. The highest BCUT2D eigenvalue weighted by Crippen LogP contribution is 2.05. The van der Waals surface area contributed by atoms with Gasteiger partial charge in [-0.25, -0.2) is 9.59 Å². The smallest absolute Gasteiger partial charge is 0.408 e. The van der Waals surface area contributed by atoms with E-state index in [1.807, 2.05) is 24.3 Å². The molecule has 0 fully saturated rings. The first-order valence-electron chi connectivity index (χ1n) is 8.64. The summed E-state index contributed by atoms with van der Waals surface area (Å²) >= 11 is 4.06. The summed E-state index contributed by atoms with van der Waals surface area (Å²) in [6, 6.07) is 15.9. The monoisotopic (exact) mass is 402 g/mol. The Morgan fingerprint density at radius 2 is 1.46 bits per heavy atom. The second-order valence-corrected chi connectivity index (χ2v) is 6.40. The number of rotatable bonds is 9. The second kappa shape index (κ2) is 11.0. The summed E-state index contributed by atoms with van der Waals surface area (Å²) in [5.41, 5.74) is 1.58. The van der Waals surface area contributed by atoms with Gasteiger partial charge in [-0.1, -0.05) is 60.7 Å². The molecule has 7 nitrogen and oxygen atoms in total. The maximum atomic E-state index is 12.4. The first-order valence-corrected chi connectivity index (χ1v) is 9.28. The van der Waals surface area contributed by atoms with Crippen LogP contribution in [-0.2, 0) is 27.4 Å². The van der Waals surface area contributed by atoms with Crippen molar-refractivity contribution in [2.45, 2.75) is 25.1 Å². The number of hydrogen-bond acceptors (Lipinski definition) is 5. The van der Waals surface area contributed by atoms with Gasteiger partial charge >= 0.3 is 12.1 Å². The maximum Gasteiger partial charge on any atom is 0.408 e. The van der Waals surface area contributed by atoms with E-state index < -0.39 is 30.1 Å². The van der Waals surface area contributed by atoms with E-state index in [9.17, 15) is 19.5 Å². The summed E-state index contributed by atoms with van der Waals surface area (Å²) in [7, 11) is 0. The van der Waals surface area contributed by atoms with Gasteiger partial charge in [0.15, 0.2) is 0 Å². The van der Waals surface area contributed by atoms with E-state index in [0.29, 0.717) is 0 Å². The Kier molecular flexibility index (Phi) is 8.36. The number of aliphatic carboxylic acids is 1. The van der Waals surface area contributed by atoms with Crippen molar-refractivity contribution >= 4 is 30.6 Å². The van der Waals surface area contributed by atoms with Gasteiger partial charge < -0.3 is 20.5 Å². The maximum absolute atomic E-state index is 12.4. The van der Waals surface area contributed by atoms with Gasteiger partial charge in [0, 0.05) is 12.2 Å². The van der Waals surface area contributed by atoms with Crippen LogP contribution in [0.4, 0.5) is 4.79 Å². The second-order valence-electron chi connectivity index (χ2n) is 6.03. The molecule has 0 radical (unpaired) electrons. The number of carboxylic acid groups (broad SMARTS) is 1. The van der Waals surface area contributed by atoms with E-state index in [1.54, 1.807) is 36.4 Å². The fourth-order valence-electron chi connectivity index (χ4n) is 2.42. The van der Waals surface area contributed by atoms with Crippen LogP contribution in [-0.4, -0.2) is 40.9 Å². The molecule has 2 aromatic carbocycles. The zero-order chi connectivity index (χ0) is 20.4. The van der Waals surface area contributed by atoms with Crippen LogP contribution in [0, 0.1) is 0 Å². The highest BCUT2D eigenvalue weighted by atomic mass is 32.1. The average molecular weight is 402 g/mol. The third-order valence-electron chi connectivity index (χ3n) is 3.90. The standard InChI is InChI=1S/C20H22N2O5S/c23-18(21-16(19(24)25)11-14-7-3-1-4-8-14)17(13-28)22-20(26)27-12-15-9-5-2-6-10-15/h1-10,16-17,28H,11-13H2,(H,21,23)(H,22,26)(H,24,25)/t16-,17+/m1/s1. The van der Waals surface area contributed by atoms with Gasteiger partial charge in [0.1, 0.15) is 18.7 Å². The SMILES string of the molecule is O=C(N[C@@H](CS)C(=O)N[C@H](Cc1ccccc1)C(=O)O)OCc1ccccc1. The molecule has 0 saturated heterocycles. The number of carbonyl (C=O) groups is 3. The molecular formula is C20H22N2O5S. The van der Waals surface area contributed by atoms with E-state index in [2.05, 4.69) is 23.3 Å². The normalized spacial score (nSPS) is 12.5. The molecule has 0 aliphatic carbocycles. The lowest BCUT2D eigenvalue weighted by molar-refractivity contribution is -0.142. The Morgan fingerprint density at radius 1 is 0.893 bits per heavy atom. The molecule has 2 atom stereocenters. The molecule has 3 N–H and O–H groups in total. The molecule has 0 unspecified atom stereocenters. The van der Waals surface area contributed by atoms with Gasteiger partial charge in [0.25, 0.3) is 0 Å². The van der Waals surface area contributed by atoms with E-state index >= 15 is 0 Å². The van der Waals surface area contributed by atoms with Crippen LogP contribution in [0.2, 0.25) is 0 Å². The van der Waals surface area contributed by atoms with Crippen LogP contribution < -0.4 is 10.6 Å². The number of benzene rings is 2. The zero-order valence-electron chi connectivity index (χ0n) is 15.1. The van der Waals surface area contributed by atoms with Crippen LogP contribution >= 0.6 is 12.6 Å². The summed E-state index contributed by atoms with van der Waals surface area (Å²) in [6.07, 6.45) is -0.660. The van der Waals surface area contributed by atoms with E-state index in [4.69, 9.17) is 4.74 Å². The quantitative estimate of drug-likeness (QED) is 0.481. The molecule has 0 aliphatic heterocycles. The van der Waals surface area contributed by atoms with Crippen molar-refractivity contribution in [3.8, 4) is 0 Å². The van der Waals surface area contributed by atoms with Crippen molar-refractivity contribution in [1.82, 2.24) is 10.6 Å². The number of amides is 2. The lowest BCUT2D eigenvalue weighted by Crippen LogP contribution is -2.53. The third-order valence-corrected chi connectivity index (χ3v) is 4.27. The van der Waals surface area contributed by atoms with Gasteiger partial charge in [0.05, 0.1) is 0 Å². The lowest BCUT2D eigenvalue weighted by Gasteiger charge is -2.20. The Morgan fingerprint density at radius 3 is 2.00 bits per heavy atom. The predicted molar refractivity (Wildman–Crippen MR) is 107 cm³/mol. The molecule has 2 rings (SSSR count). The summed E-state index contributed by atoms with van der Waals surface area (Å²) in [4.78, 5) is 35.8. The number of nitrogens with one attached hydrogen (secondary N) is 2. The Labute approximate surface area is 168 Å². The number of carbonyl (C=O) groups excluding carboxylic acids is 2. The number of carboxylic acids is 1. The predicted octanol–water partition coefficient (Wildman–Crippen LogP) is 2.02. The van der Waals surface area contributed by atoms with E-state index in [1.165, 1.54) is 0 Å². The molecule has 148 valence electrons. The topological polar surface area (TPSA) is 105 Å². The first-order chi connectivity index (χ1) is 13.5. The summed E-state index contributed by atoms with van der Waals surface area (Å²) in [5, 5.41) is 14.2. The highest BCUT2D eigenvalue weighted by molar-refractivity contribution is 7.80. The number of alkyl carbamates (subject to hydrolysis) is 1. The highest BCUT2D eigenvalue weighted by Gasteiger charge is 2.26. The van der Waals surface area contributed by atoms with Crippen LogP contribution in [0.25, 0.3) is 0 Å². The molecular weight excluding hydrogens is 380 g/mol. The Hall–Kier alpha value is -3.00. The van der Waals surface area contributed by atoms with E-state index in [-0.39, 0.29) is 18.8 Å². The van der Waals surface area contributed by atoms with Gasteiger partial charge in [-0.3, -0.25) is 4.79 Å². The fraction of sp³-hybridized carbons (Fsp3) is 0.250. The van der Waals surface area contributed by atoms with Crippen LogP contribution in [0.3, 0.4) is 0 Å². The van der Waals surface area contributed by atoms with Crippen molar-refractivity contribution in [2.24, 2.45) is 0 Å². The van der Waals surface area contributed by atoms with Gasteiger partial charge in [-0.15, -0.1) is 0 Å². The molecule has 0 aromatic heterocycles. The molecule has 0 saturated carbocycles. The van der Waals surface area contributed by atoms with Crippen molar-refractivity contribution in [2.75, 3.05) is 5.75 Å². The van der Waals surface area contributed by atoms with Crippen molar-refractivity contribution in [1.29, 1.82) is 0 Å². The molecule has 28 heavy (non-hydrogen) atoms. The minimum Gasteiger partial charge on any atom is -0.480 e. The zero-order valence-corrected chi connectivity index (χ0v) is 16.0. The molecule has 0 bridgehead atoms. The number of thiol groups is 1. The lowest BCUT2D eigenvalue weighted by atomic mass is 10.1. The Bertz CT molecular complexity index is 786. The summed E-state index contributed by atoms with van der Waals surface area (Å²) in [6.45, 7) is 0.0549. The molecule has 0 spiro atoms. The first kappa shape index (κ1) is 21.3. The van der Waals surface area contributed by atoms with Gasteiger partial charge in [0.2, 0.25) is 5.91 Å². The van der Waals surface area contributed by atoms with Gasteiger partial charge in [-0.05, 0) is 11.1 Å². The van der Waals surface area contributed by atoms with Crippen LogP contribution in [0.15, 0.2) is 60.7 Å². The Balaban J connectivity index is 1.89. The molecule has 2 aromatic rings. The molecule has 0 aliphatic rings. The minimum absolute atomic E-state index is 0.00997. The van der Waals surface area contributed by atoms with Crippen molar-refractivity contribution < 1.29 is 24.2 Å². The number of ether oxygens (including phenoxy) is 1. The minimum atomic E-state index is -1.17. The van der Waals surface area contributed by atoms with Crippen LogP contribution in [0.5, 0.6) is 0 Å². The summed E-state index contributed by atoms with van der Waals surface area (Å²) < 4.78 is 5.08. The van der Waals surface area contributed by atoms with Crippen LogP contribution in [0.1, 0.15) is 11.1 Å². The molecule has 0 heterocycles. The van der Waals surface area contributed by atoms with Gasteiger partial charge in [-0.2, -0.15) is 12.6 Å². The molecule has 8 heteroatoms. The fourth-order valence-corrected chi connectivity index (χ4v) is 2.68. The van der Waals surface area contributed by atoms with Crippen molar-refractivity contribution in [3.63, 3.8) is 0 Å². The average Bonchev–Trinajstić information content (AvgIpc) is 2.71.